The van der Waals surface area contributed by atoms with E-state index in [2.05, 4.69) is 11.4 Å². The van der Waals surface area contributed by atoms with Crippen LogP contribution in [-0.4, -0.2) is 39.1 Å². The minimum absolute atomic E-state index is 0.0208. The molecule has 1 aliphatic rings. The van der Waals surface area contributed by atoms with Crippen LogP contribution in [0.5, 0.6) is 17.2 Å². The number of rotatable bonds is 8. The molecule has 0 bridgehead atoms. The van der Waals surface area contributed by atoms with Crippen molar-refractivity contribution in [2.45, 2.75) is 37.6 Å². The molecule has 0 heterocycles. The van der Waals surface area contributed by atoms with Crippen molar-refractivity contribution in [3.8, 4) is 17.2 Å². The van der Waals surface area contributed by atoms with E-state index in [1.54, 1.807) is 69.9 Å². The van der Waals surface area contributed by atoms with Crippen LogP contribution in [0.1, 0.15) is 63.4 Å². The van der Waals surface area contributed by atoms with Gasteiger partial charge in [0.1, 0.15) is 5.75 Å². The second kappa shape index (κ2) is 11.1. The Kier molecular flexibility index (Phi) is 7.70. The lowest BCUT2D eigenvalue weighted by Gasteiger charge is -2.33. The average Bonchev–Trinajstić information content (AvgIpc) is 2.92. The summed E-state index contributed by atoms with van der Waals surface area (Å²) in [5.74, 6) is 1.96. The maximum Gasteiger partial charge on any atom is 0.251 e. The molecule has 6 heteroatoms. The van der Waals surface area contributed by atoms with Crippen molar-refractivity contribution >= 4 is 11.7 Å². The Hall–Kier alpha value is -3.80. The van der Waals surface area contributed by atoms with E-state index >= 15 is 0 Å². The number of carbonyl (C=O) groups is 2. The standard InChI is InChI=1S/C29H31NO5/c1-33-23-8-6-7-22(17-23)28(31)19-11-13-20(14-12-19)29(32)30-25-10-5-4-9-24(25)21-15-16-26(34-2)27(18-21)35-3/h6-8,11-18,24-25H,4-5,9-10H2,1-3H3,(H,30,32). The molecular formula is C29H31NO5. The summed E-state index contributed by atoms with van der Waals surface area (Å²) in [5.41, 5.74) is 2.73. The average molecular weight is 474 g/mol. The van der Waals surface area contributed by atoms with Gasteiger partial charge < -0.3 is 19.5 Å². The first kappa shape index (κ1) is 24.3. The highest BCUT2D eigenvalue weighted by molar-refractivity contribution is 6.09. The van der Waals surface area contributed by atoms with Crippen LogP contribution in [0, 0.1) is 0 Å². The quantitative estimate of drug-likeness (QED) is 0.444. The van der Waals surface area contributed by atoms with Crippen LogP contribution in [0.25, 0.3) is 0 Å². The van der Waals surface area contributed by atoms with Crippen LogP contribution < -0.4 is 19.5 Å². The van der Waals surface area contributed by atoms with Gasteiger partial charge in [0.25, 0.3) is 5.91 Å². The van der Waals surface area contributed by atoms with Gasteiger partial charge in [-0.1, -0.05) is 43.2 Å². The number of carbonyl (C=O) groups excluding carboxylic acids is 2. The van der Waals surface area contributed by atoms with Crippen molar-refractivity contribution in [3.63, 3.8) is 0 Å². The molecule has 1 amide bonds. The van der Waals surface area contributed by atoms with Gasteiger partial charge in [-0.05, 0) is 54.8 Å². The van der Waals surface area contributed by atoms with Crippen molar-refractivity contribution in [1.29, 1.82) is 0 Å². The minimum atomic E-state index is -0.136. The van der Waals surface area contributed by atoms with Gasteiger partial charge in [0, 0.05) is 28.7 Å². The summed E-state index contributed by atoms with van der Waals surface area (Å²) in [6.45, 7) is 0. The van der Waals surface area contributed by atoms with E-state index in [-0.39, 0.29) is 23.7 Å². The van der Waals surface area contributed by atoms with Crippen molar-refractivity contribution in [2.75, 3.05) is 21.3 Å². The van der Waals surface area contributed by atoms with Crippen molar-refractivity contribution in [3.05, 3.63) is 89.0 Å². The molecule has 6 nitrogen and oxygen atoms in total. The Morgan fingerprint density at radius 2 is 1.46 bits per heavy atom. The van der Waals surface area contributed by atoms with Gasteiger partial charge in [0.15, 0.2) is 17.3 Å². The predicted octanol–water partition coefficient (Wildman–Crippen LogP) is 5.40. The maximum atomic E-state index is 13.1. The first-order chi connectivity index (χ1) is 17.0. The zero-order valence-electron chi connectivity index (χ0n) is 20.4. The van der Waals surface area contributed by atoms with Gasteiger partial charge in [-0.2, -0.15) is 0 Å². The number of nitrogens with one attached hydrogen (secondary N) is 1. The number of amides is 1. The molecule has 3 aromatic carbocycles. The summed E-state index contributed by atoms with van der Waals surface area (Å²) < 4.78 is 16.1. The molecule has 0 aliphatic heterocycles. The van der Waals surface area contributed by atoms with Crippen molar-refractivity contribution < 1.29 is 23.8 Å². The Labute approximate surface area is 206 Å². The molecule has 0 radical (unpaired) electrons. The highest BCUT2D eigenvalue weighted by Crippen LogP contribution is 2.37. The number of hydrogen-bond acceptors (Lipinski definition) is 5. The third kappa shape index (κ3) is 5.48. The first-order valence-electron chi connectivity index (χ1n) is 11.9. The van der Waals surface area contributed by atoms with E-state index in [0.29, 0.717) is 33.9 Å². The van der Waals surface area contributed by atoms with Gasteiger partial charge in [0.05, 0.1) is 21.3 Å². The van der Waals surface area contributed by atoms with Crippen LogP contribution in [-0.2, 0) is 0 Å². The normalized spacial score (nSPS) is 17.3. The van der Waals surface area contributed by atoms with Gasteiger partial charge in [0.2, 0.25) is 0 Å². The van der Waals surface area contributed by atoms with Crippen LogP contribution in [0.4, 0.5) is 0 Å². The summed E-state index contributed by atoms with van der Waals surface area (Å²) in [6, 6.07) is 19.8. The molecular weight excluding hydrogens is 442 g/mol. The summed E-state index contributed by atoms with van der Waals surface area (Å²) >= 11 is 0. The lowest BCUT2D eigenvalue weighted by atomic mass is 9.79. The third-order valence-corrected chi connectivity index (χ3v) is 6.66. The van der Waals surface area contributed by atoms with Crippen molar-refractivity contribution in [2.24, 2.45) is 0 Å². The van der Waals surface area contributed by atoms with Crippen molar-refractivity contribution in [1.82, 2.24) is 5.32 Å². The van der Waals surface area contributed by atoms with Crippen LogP contribution in [0.15, 0.2) is 66.7 Å². The van der Waals surface area contributed by atoms with Gasteiger partial charge >= 0.3 is 0 Å². The van der Waals surface area contributed by atoms with Gasteiger partial charge in [-0.15, -0.1) is 0 Å². The lowest BCUT2D eigenvalue weighted by Crippen LogP contribution is -2.41. The molecule has 2 unspecified atom stereocenters. The Bertz CT molecular complexity index is 1190. The van der Waals surface area contributed by atoms with E-state index < -0.39 is 0 Å². The van der Waals surface area contributed by atoms with E-state index in [1.807, 2.05) is 12.1 Å². The van der Waals surface area contributed by atoms with Gasteiger partial charge in [-0.25, -0.2) is 0 Å². The van der Waals surface area contributed by atoms with E-state index in [1.165, 1.54) is 0 Å². The van der Waals surface area contributed by atoms with Crippen LogP contribution in [0.3, 0.4) is 0 Å². The fourth-order valence-corrected chi connectivity index (χ4v) is 4.74. The number of ether oxygens (including phenoxy) is 3. The second-order valence-corrected chi connectivity index (χ2v) is 8.72. The molecule has 0 saturated heterocycles. The molecule has 0 aromatic heterocycles. The maximum absolute atomic E-state index is 13.1. The minimum Gasteiger partial charge on any atom is -0.497 e. The molecule has 1 saturated carbocycles. The van der Waals surface area contributed by atoms with E-state index in [9.17, 15) is 9.59 Å². The molecule has 1 N–H and O–H groups in total. The Morgan fingerprint density at radius 3 is 2.17 bits per heavy atom. The summed E-state index contributed by atoms with van der Waals surface area (Å²) in [7, 11) is 4.82. The molecule has 0 spiro atoms. The fraction of sp³-hybridized carbons (Fsp3) is 0.310. The van der Waals surface area contributed by atoms with E-state index in [0.717, 1.165) is 31.2 Å². The third-order valence-electron chi connectivity index (χ3n) is 6.66. The number of ketones is 1. The Balaban J connectivity index is 1.47. The molecule has 35 heavy (non-hydrogen) atoms. The molecule has 1 aliphatic carbocycles. The molecule has 3 aromatic rings. The number of benzene rings is 3. The zero-order valence-corrected chi connectivity index (χ0v) is 20.4. The molecule has 1 fully saturated rings. The fourth-order valence-electron chi connectivity index (χ4n) is 4.74. The largest absolute Gasteiger partial charge is 0.497 e. The number of hydrogen-bond donors (Lipinski definition) is 1. The second-order valence-electron chi connectivity index (χ2n) is 8.72. The van der Waals surface area contributed by atoms with Crippen LogP contribution in [0.2, 0.25) is 0 Å². The highest BCUT2D eigenvalue weighted by Gasteiger charge is 2.29. The lowest BCUT2D eigenvalue weighted by molar-refractivity contribution is 0.0919. The molecule has 2 atom stereocenters. The smallest absolute Gasteiger partial charge is 0.251 e. The van der Waals surface area contributed by atoms with Crippen LogP contribution >= 0.6 is 0 Å². The topological polar surface area (TPSA) is 73.9 Å². The summed E-state index contributed by atoms with van der Waals surface area (Å²) in [6.07, 6.45) is 4.10. The zero-order chi connectivity index (χ0) is 24.8. The highest BCUT2D eigenvalue weighted by atomic mass is 16.5. The SMILES string of the molecule is COc1cccc(C(=O)c2ccc(C(=O)NC3CCCCC3c3ccc(OC)c(OC)c3)cc2)c1. The van der Waals surface area contributed by atoms with Gasteiger partial charge in [-0.3, -0.25) is 9.59 Å². The monoisotopic (exact) mass is 473 g/mol. The molecule has 4 rings (SSSR count). The summed E-state index contributed by atoms with van der Waals surface area (Å²) in [5, 5.41) is 3.23. The molecule has 182 valence electrons. The summed E-state index contributed by atoms with van der Waals surface area (Å²) in [4.78, 5) is 25.9. The predicted molar refractivity (Wildman–Crippen MR) is 135 cm³/mol. The first-order valence-corrected chi connectivity index (χ1v) is 11.9. The van der Waals surface area contributed by atoms with E-state index in [4.69, 9.17) is 14.2 Å². The Morgan fingerprint density at radius 1 is 0.743 bits per heavy atom. The number of methoxy groups -OCH3 is 3.